The van der Waals surface area contributed by atoms with Crippen molar-refractivity contribution in [2.45, 2.75) is 19.3 Å². The second kappa shape index (κ2) is 4.95. The zero-order valence-electron chi connectivity index (χ0n) is 9.12. The molecule has 0 N–H and O–H groups in total. The summed E-state index contributed by atoms with van der Waals surface area (Å²) in [5.74, 6) is 0.780. The van der Waals surface area contributed by atoms with Crippen LogP contribution in [0.4, 0.5) is 0 Å². The Morgan fingerprint density at radius 2 is 2.47 bits per heavy atom. The topological polar surface area (TPSA) is 16.1 Å². The Labute approximate surface area is 96.3 Å². The summed E-state index contributed by atoms with van der Waals surface area (Å²) in [6, 6.07) is 4.05. The second-order valence-electron chi connectivity index (χ2n) is 4.46. The zero-order chi connectivity index (χ0) is 10.7. The van der Waals surface area contributed by atoms with Crippen LogP contribution < -0.4 is 0 Å². The van der Waals surface area contributed by atoms with Crippen molar-refractivity contribution < 1.29 is 0 Å². The first kappa shape index (κ1) is 10.9. The van der Waals surface area contributed by atoms with Gasteiger partial charge in [-0.3, -0.25) is 0 Å². The third-order valence-electron chi connectivity index (χ3n) is 3.04. The van der Waals surface area contributed by atoms with Crippen LogP contribution >= 0.6 is 11.6 Å². The molecule has 0 amide bonds. The van der Waals surface area contributed by atoms with Crippen LogP contribution in [-0.4, -0.2) is 30.0 Å². The van der Waals surface area contributed by atoms with Crippen molar-refractivity contribution in [3.05, 3.63) is 29.0 Å². The van der Waals surface area contributed by atoms with Gasteiger partial charge in [-0.2, -0.15) is 0 Å². The average molecular weight is 225 g/mol. The highest BCUT2D eigenvalue weighted by Gasteiger charge is 2.17. The van der Waals surface area contributed by atoms with Crippen molar-refractivity contribution in [1.82, 2.24) is 9.88 Å². The molecule has 0 radical (unpaired) electrons. The Bertz CT molecular complexity index is 327. The lowest BCUT2D eigenvalue weighted by atomic mass is 9.92. The van der Waals surface area contributed by atoms with Gasteiger partial charge in [-0.1, -0.05) is 11.6 Å². The number of halogens is 1. The first-order chi connectivity index (χ1) is 7.24. The molecule has 3 heteroatoms. The molecule has 1 atom stereocenters. The molecule has 2 rings (SSSR count). The van der Waals surface area contributed by atoms with E-state index in [4.69, 9.17) is 11.6 Å². The van der Waals surface area contributed by atoms with E-state index >= 15 is 0 Å². The minimum absolute atomic E-state index is 0.608. The van der Waals surface area contributed by atoms with E-state index in [1.165, 1.54) is 31.5 Å². The summed E-state index contributed by atoms with van der Waals surface area (Å²) in [5, 5.41) is 0.608. The van der Waals surface area contributed by atoms with E-state index in [0.717, 1.165) is 12.3 Å². The number of piperidine rings is 1. The largest absolute Gasteiger partial charge is 0.306 e. The van der Waals surface area contributed by atoms with Crippen LogP contribution in [0, 0.1) is 5.92 Å². The molecule has 0 bridgehead atoms. The normalized spacial score (nSPS) is 22.9. The average Bonchev–Trinajstić information content (AvgIpc) is 2.17. The molecule has 15 heavy (non-hydrogen) atoms. The fourth-order valence-electron chi connectivity index (χ4n) is 2.34. The molecule has 1 aromatic heterocycles. The molecule has 1 aliphatic heterocycles. The summed E-state index contributed by atoms with van der Waals surface area (Å²) >= 11 is 5.87. The van der Waals surface area contributed by atoms with Crippen molar-refractivity contribution in [2.24, 2.45) is 5.92 Å². The summed E-state index contributed by atoms with van der Waals surface area (Å²) in [4.78, 5) is 6.42. The van der Waals surface area contributed by atoms with Gasteiger partial charge in [0, 0.05) is 12.7 Å². The molecule has 0 saturated carbocycles. The molecule has 1 saturated heterocycles. The third kappa shape index (κ3) is 3.18. The number of likely N-dealkylation sites (tertiary alicyclic amines) is 1. The van der Waals surface area contributed by atoms with Crippen LogP contribution in [-0.2, 0) is 6.42 Å². The van der Waals surface area contributed by atoms with Gasteiger partial charge in [0.15, 0.2) is 0 Å². The molecule has 0 aliphatic carbocycles. The van der Waals surface area contributed by atoms with E-state index in [1.807, 2.05) is 6.07 Å². The zero-order valence-corrected chi connectivity index (χ0v) is 9.87. The van der Waals surface area contributed by atoms with Crippen LogP contribution in [0.15, 0.2) is 18.3 Å². The molecule has 2 heterocycles. The standard InChI is InChI=1S/C12H17ClN2/c1-15-6-2-3-11(9-15)7-10-4-5-14-12(13)8-10/h4-5,8,11H,2-3,6-7,9H2,1H3/t11-/m0/s1. The fraction of sp³-hybridized carbons (Fsp3) is 0.583. The maximum atomic E-state index is 5.87. The smallest absolute Gasteiger partial charge is 0.129 e. The van der Waals surface area contributed by atoms with Gasteiger partial charge in [-0.25, -0.2) is 4.98 Å². The van der Waals surface area contributed by atoms with Crippen LogP contribution in [0.5, 0.6) is 0 Å². The minimum Gasteiger partial charge on any atom is -0.306 e. The van der Waals surface area contributed by atoms with Crippen LogP contribution in [0.2, 0.25) is 5.15 Å². The predicted octanol–water partition coefficient (Wildman–Crippen LogP) is 2.62. The number of aromatic nitrogens is 1. The summed E-state index contributed by atoms with van der Waals surface area (Å²) in [6.07, 6.45) is 5.58. The van der Waals surface area contributed by atoms with Gasteiger partial charge in [-0.05, 0) is 56.5 Å². The SMILES string of the molecule is CN1CCC[C@@H](Cc2ccnc(Cl)c2)C1. The molecule has 1 fully saturated rings. The van der Waals surface area contributed by atoms with E-state index in [0.29, 0.717) is 5.15 Å². The number of hydrogen-bond donors (Lipinski definition) is 0. The maximum Gasteiger partial charge on any atom is 0.129 e. The van der Waals surface area contributed by atoms with Crippen LogP contribution in [0.25, 0.3) is 0 Å². The summed E-state index contributed by atoms with van der Waals surface area (Å²) in [7, 11) is 2.20. The Hall–Kier alpha value is -0.600. The van der Waals surface area contributed by atoms with Crippen molar-refractivity contribution in [1.29, 1.82) is 0 Å². The van der Waals surface area contributed by atoms with Crippen molar-refractivity contribution in [3.63, 3.8) is 0 Å². The van der Waals surface area contributed by atoms with Gasteiger partial charge >= 0.3 is 0 Å². The van der Waals surface area contributed by atoms with Gasteiger partial charge < -0.3 is 4.90 Å². The summed E-state index contributed by atoms with van der Waals surface area (Å²) in [6.45, 7) is 2.45. The highest BCUT2D eigenvalue weighted by atomic mass is 35.5. The number of pyridine rings is 1. The molecule has 2 nitrogen and oxygen atoms in total. The minimum atomic E-state index is 0.608. The lowest BCUT2D eigenvalue weighted by Crippen LogP contribution is -2.32. The van der Waals surface area contributed by atoms with Gasteiger partial charge in [-0.15, -0.1) is 0 Å². The lowest BCUT2D eigenvalue weighted by Gasteiger charge is -2.29. The maximum absolute atomic E-state index is 5.87. The highest BCUT2D eigenvalue weighted by molar-refractivity contribution is 6.29. The predicted molar refractivity (Wildman–Crippen MR) is 63.2 cm³/mol. The molecule has 1 aliphatic rings. The second-order valence-corrected chi connectivity index (χ2v) is 4.85. The third-order valence-corrected chi connectivity index (χ3v) is 3.24. The van der Waals surface area contributed by atoms with E-state index < -0.39 is 0 Å². The van der Waals surface area contributed by atoms with E-state index in [-0.39, 0.29) is 0 Å². The molecular formula is C12H17ClN2. The van der Waals surface area contributed by atoms with Crippen LogP contribution in [0.1, 0.15) is 18.4 Å². The molecule has 82 valence electrons. The quantitative estimate of drug-likeness (QED) is 0.718. The highest BCUT2D eigenvalue weighted by Crippen LogP contribution is 2.20. The lowest BCUT2D eigenvalue weighted by molar-refractivity contribution is 0.209. The number of hydrogen-bond acceptors (Lipinski definition) is 2. The molecule has 0 aromatic carbocycles. The van der Waals surface area contributed by atoms with Gasteiger partial charge in [0.2, 0.25) is 0 Å². The first-order valence-electron chi connectivity index (χ1n) is 5.53. The van der Waals surface area contributed by atoms with E-state index in [9.17, 15) is 0 Å². The Morgan fingerprint density at radius 1 is 1.60 bits per heavy atom. The molecule has 0 unspecified atom stereocenters. The Balaban J connectivity index is 1.96. The van der Waals surface area contributed by atoms with Gasteiger partial charge in [0.1, 0.15) is 5.15 Å². The van der Waals surface area contributed by atoms with Crippen molar-refractivity contribution in [2.75, 3.05) is 20.1 Å². The molecule has 1 aromatic rings. The molecular weight excluding hydrogens is 208 g/mol. The fourth-order valence-corrected chi connectivity index (χ4v) is 2.54. The van der Waals surface area contributed by atoms with Gasteiger partial charge in [0.25, 0.3) is 0 Å². The van der Waals surface area contributed by atoms with Crippen LogP contribution in [0.3, 0.4) is 0 Å². The summed E-state index contributed by atoms with van der Waals surface area (Å²) < 4.78 is 0. The first-order valence-corrected chi connectivity index (χ1v) is 5.91. The van der Waals surface area contributed by atoms with Gasteiger partial charge in [0.05, 0.1) is 0 Å². The van der Waals surface area contributed by atoms with Crippen molar-refractivity contribution >= 4 is 11.6 Å². The van der Waals surface area contributed by atoms with Crippen molar-refractivity contribution in [3.8, 4) is 0 Å². The summed E-state index contributed by atoms with van der Waals surface area (Å²) in [5.41, 5.74) is 1.32. The van der Waals surface area contributed by atoms with E-state index in [2.05, 4.69) is 23.0 Å². The number of rotatable bonds is 2. The Kier molecular flexibility index (Phi) is 3.60. The number of nitrogens with zero attached hydrogens (tertiary/aromatic N) is 2. The van der Waals surface area contributed by atoms with E-state index in [1.54, 1.807) is 6.20 Å². The molecule has 0 spiro atoms. The monoisotopic (exact) mass is 224 g/mol. The Morgan fingerprint density at radius 3 is 3.20 bits per heavy atom.